The summed E-state index contributed by atoms with van der Waals surface area (Å²) in [4.78, 5) is 13.4. The summed E-state index contributed by atoms with van der Waals surface area (Å²) >= 11 is 0. The third-order valence-electron chi connectivity index (χ3n) is 1.81. The fourth-order valence-electron chi connectivity index (χ4n) is 1.14. The Labute approximate surface area is 87.8 Å². The summed E-state index contributed by atoms with van der Waals surface area (Å²) in [5.41, 5.74) is 0.657. The second kappa shape index (κ2) is 5.58. The summed E-state index contributed by atoms with van der Waals surface area (Å²) in [5, 5.41) is 8.73. The Morgan fingerprint density at radius 1 is 1.47 bits per heavy atom. The van der Waals surface area contributed by atoms with Crippen LogP contribution in [0.4, 0.5) is 0 Å². The second-order valence-electron chi connectivity index (χ2n) is 2.75. The van der Waals surface area contributed by atoms with Crippen LogP contribution in [0, 0.1) is 11.3 Å². The zero-order valence-corrected chi connectivity index (χ0v) is 8.30. The minimum absolute atomic E-state index is 0.591. The molecule has 4 heteroatoms. The van der Waals surface area contributed by atoms with E-state index >= 15 is 0 Å². The van der Waals surface area contributed by atoms with E-state index < -0.39 is 6.04 Å². The van der Waals surface area contributed by atoms with Gasteiger partial charge in [0, 0.05) is 0 Å². The third-order valence-corrected chi connectivity index (χ3v) is 1.81. The lowest BCUT2D eigenvalue weighted by molar-refractivity contribution is 0.340. The Morgan fingerprint density at radius 3 is 2.60 bits per heavy atom. The lowest BCUT2D eigenvalue weighted by Gasteiger charge is -2.05. The Hall–Kier alpha value is -2.11. The van der Waals surface area contributed by atoms with Gasteiger partial charge >= 0.3 is 0 Å². The number of ether oxygens (including phenoxy) is 1. The maximum absolute atomic E-state index is 10.0. The number of hydrogen-bond acceptors (Lipinski definition) is 4. The van der Waals surface area contributed by atoms with Crippen LogP contribution in [0.1, 0.15) is 18.5 Å². The molecule has 0 N–H and O–H groups in total. The molecule has 0 aromatic heterocycles. The average Bonchev–Trinajstić information content (AvgIpc) is 2.28. The molecule has 0 spiro atoms. The molecule has 0 heterocycles. The van der Waals surface area contributed by atoms with E-state index in [1.807, 2.05) is 13.0 Å². The molecule has 1 unspecified atom stereocenters. The van der Waals surface area contributed by atoms with Crippen molar-refractivity contribution >= 4 is 6.08 Å². The standard InChI is InChI=1S/C11H10N2O2/c1-2-15-10-5-3-9(4-6-10)11(7-12)13-8-14/h3-6,11H,2H2,1H3. The topological polar surface area (TPSA) is 62.4 Å². The third kappa shape index (κ3) is 2.94. The van der Waals surface area contributed by atoms with E-state index in [0.717, 1.165) is 5.75 Å². The lowest BCUT2D eigenvalue weighted by atomic mass is 10.1. The van der Waals surface area contributed by atoms with Crippen molar-refractivity contribution in [3.8, 4) is 11.8 Å². The monoisotopic (exact) mass is 202 g/mol. The van der Waals surface area contributed by atoms with Gasteiger partial charge < -0.3 is 4.74 Å². The molecule has 0 saturated carbocycles. The summed E-state index contributed by atoms with van der Waals surface area (Å²) in [6.07, 6.45) is 1.38. The number of rotatable bonds is 4. The van der Waals surface area contributed by atoms with Gasteiger partial charge in [-0.1, -0.05) is 12.1 Å². The van der Waals surface area contributed by atoms with E-state index in [2.05, 4.69) is 4.99 Å². The molecule has 1 rings (SSSR count). The van der Waals surface area contributed by atoms with Crippen molar-refractivity contribution in [2.45, 2.75) is 13.0 Å². The highest BCUT2D eigenvalue weighted by Crippen LogP contribution is 2.19. The molecule has 4 nitrogen and oxygen atoms in total. The van der Waals surface area contributed by atoms with Crippen LogP contribution in [-0.2, 0) is 4.79 Å². The number of nitriles is 1. The molecule has 0 saturated heterocycles. The first-order chi connectivity index (χ1) is 7.31. The maximum Gasteiger partial charge on any atom is 0.236 e. The minimum Gasteiger partial charge on any atom is -0.494 e. The van der Waals surface area contributed by atoms with Crippen LogP contribution >= 0.6 is 0 Å². The van der Waals surface area contributed by atoms with Gasteiger partial charge in [0.05, 0.1) is 12.7 Å². The molecule has 0 aliphatic rings. The molecular weight excluding hydrogens is 192 g/mol. The van der Waals surface area contributed by atoms with E-state index in [9.17, 15) is 4.79 Å². The van der Waals surface area contributed by atoms with Crippen molar-refractivity contribution in [1.82, 2.24) is 0 Å². The molecule has 15 heavy (non-hydrogen) atoms. The average molecular weight is 202 g/mol. The van der Waals surface area contributed by atoms with Crippen molar-refractivity contribution in [3.05, 3.63) is 29.8 Å². The first-order valence-corrected chi connectivity index (χ1v) is 4.51. The first kappa shape index (κ1) is 11.0. The lowest BCUT2D eigenvalue weighted by Crippen LogP contribution is -1.94. The van der Waals surface area contributed by atoms with Crippen LogP contribution in [-0.4, -0.2) is 12.7 Å². The maximum atomic E-state index is 10.0. The summed E-state index contributed by atoms with van der Waals surface area (Å²) in [6.45, 7) is 2.48. The van der Waals surface area contributed by atoms with E-state index in [0.29, 0.717) is 12.2 Å². The fraction of sp³-hybridized carbons (Fsp3) is 0.273. The van der Waals surface area contributed by atoms with Crippen molar-refractivity contribution in [2.75, 3.05) is 6.61 Å². The molecule has 1 aromatic rings. The van der Waals surface area contributed by atoms with Crippen LogP contribution in [0.25, 0.3) is 0 Å². The number of aliphatic imine (C=N–C) groups is 1. The Morgan fingerprint density at radius 2 is 2.13 bits per heavy atom. The number of isocyanates is 1. The fourth-order valence-corrected chi connectivity index (χ4v) is 1.14. The highest BCUT2D eigenvalue weighted by atomic mass is 16.5. The predicted octanol–water partition coefficient (Wildman–Crippen LogP) is 1.99. The summed E-state index contributed by atoms with van der Waals surface area (Å²) in [7, 11) is 0. The largest absolute Gasteiger partial charge is 0.494 e. The number of carbonyl (C=O) groups excluding carboxylic acids is 1. The molecule has 0 bridgehead atoms. The molecule has 0 fully saturated rings. The van der Waals surface area contributed by atoms with Gasteiger partial charge in [0.15, 0.2) is 6.04 Å². The SMILES string of the molecule is CCOc1ccc(C(C#N)N=C=O)cc1. The van der Waals surface area contributed by atoms with E-state index in [1.54, 1.807) is 24.3 Å². The van der Waals surface area contributed by atoms with Gasteiger partial charge in [-0.2, -0.15) is 10.3 Å². The zero-order chi connectivity index (χ0) is 11.1. The molecule has 0 aliphatic carbocycles. The minimum atomic E-state index is -0.779. The van der Waals surface area contributed by atoms with Gasteiger partial charge in [0.25, 0.3) is 0 Å². The predicted molar refractivity (Wildman–Crippen MR) is 54.1 cm³/mol. The van der Waals surface area contributed by atoms with Crippen LogP contribution in [0.5, 0.6) is 5.75 Å². The van der Waals surface area contributed by atoms with Gasteiger partial charge in [-0.25, -0.2) is 4.79 Å². The van der Waals surface area contributed by atoms with Crippen LogP contribution in [0.3, 0.4) is 0 Å². The van der Waals surface area contributed by atoms with Crippen LogP contribution in [0.2, 0.25) is 0 Å². The van der Waals surface area contributed by atoms with Gasteiger partial charge in [-0.3, -0.25) is 0 Å². The molecule has 0 amide bonds. The summed E-state index contributed by atoms with van der Waals surface area (Å²) in [5.74, 6) is 0.730. The molecule has 1 atom stereocenters. The Balaban J connectivity index is 2.87. The van der Waals surface area contributed by atoms with Crippen molar-refractivity contribution in [3.63, 3.8) is 0 Å². The highest BCUT2D eigenvalue weighted by Gasteiger charge is 2.07. The van der Waals surface area contributed by atoms with Crippen molar-refractivity contribution in [2.24, 2.45) is 4.99 Å². The second-order valence-corrected chi connectivity index (χ2v) is 2.75. The van der Waals surface area contributed by atoms with Crippen molar-refractivity contribution in [1.29, 1.82) is 5.26 Å². The number of nitrogens with zero attached hydrogens (tertiary/aromatic N) is 2. The normalized spacial score (nSPS) is 10.9. The number of benzene rings is 1. The Kier molecular flexibility index (Phi) is 4.08. The van der Waals surface area contributed by atoms with Gasteiger partial charge in [-0.15, -0.1) is 0 Å². The molecule has 0 radical (unpaired) electrons. The van der Waals surface area contributed by atoms with E-state index in [4.69, 9.17) is 10.00 Å². The highest BCUT2D eigenvalue weighted by molar-refractivity contribution is 5.38. The van der Waals surface area contributed by atoms with Gasteiger partial charge in [0.2, 0.25) is 6.08 Å². The Bertz CT molecular complexity index is 400. The summed E-state index contributed by atoms with van der Waals surface area (Å²) in [6, 6.07) is 8.02. The zero-order valence-electron chi connectivity index (χ0n) is 8.30. The van der Waals surface area contributed by atoms with Gasteiger partial charge in [-0.05, 0) is 24.6 Å². The molecule has 1 aromatic carbocycles. The smallest absolute Gasteiger partial charge is 0.236 e. The van der Waals surface area contributed by atoms with Gasteiger partial charge in [0.1, 0.15) is 5.75 Å². The molecule has 76 valence electrons. The molecule has 0 aliphatic heterocycles. The van der Waals surface area contributed by atoms with E-state index in [-0.39, 0.29) is 0 Å². The van der Waals surface area contributed by atoms with Crippen LogP contribution in [0.15, 0.2) is 29.3 Å². The quantitative estimate of drug-likeness (QED) is 0.554. The summed E-state index contributed by atoms with van der Waals surface area (Å²) < 4.78 is 5.24. The van der Waals surface area contributed by atoms with Crippen LogP contribution < -0.4 is 4.74 Å². The first-order valence-electron chi connectivity index (χ1n) is 4.51. The molecular formula is C11H10N2O2. The number of hydrogen-bond donors (Lipinski definition) is 0. The van der Waals surface area contributed by atoms with Crippen molar-refractivity contribution < 1.29 is 9.53 Å². The van der Waals surface area contributed by atoms with E-state index in [1.165, 1.54) is 6.08 Å².